The van der Waals surface area contributed by atoms with Crippen LogP contribution >= 0.6 is 0 Å². The maximum Gasteiger partial charge on any atom is 0.322 e. The van der Waals surface area contributed by atoms with E-state index in [-0.39, 0.29) is 11.6 Å². The van der Waals surface area contributed by atoms with Gasteiger partial charge in [0.15, 0.2) is 0 Å². The number of likely N-dealkylation sites (tertiary alicyclic amines) is 1. The van der Waals surface area contributed by atoms with E-state index in [0.29, 0.717) is 18.6 Å². The molecule has 0 radical (unpaired) electrons. The number of hydrogen-bond acceptors (Lipinski definition) is 4. The van der Waals surface area contributed by atoms with Gasteiger partial charge in [0.1, 0.15) is 0 Å². The van der Waals surface area contributed by atoms with Crippen LogP contribution < -0.4 is 5.32 Å². The molecule has 3 atom stereocenters. The van der Waals surface area contributed by atoms with E-state index in [1.54, 1.807) is 13.3 Å². The molecule has 1 saturated carbocycles. The van der Waals surface area contributed by atoms with Crippen molar-refractivity contribution in [2.45, 2.75) is 44.7 Å². The third kappa shape index (κ3) is 3.04. The Morgan fingerprint density at radius 2 is 2.20 bits per heavy atom. The summed E-state index contributed by atoms with van der Waals surface area (Å²) in [5.74, 6) is 0.622. The largest absolute Gasteiger partial charge is 0.382 e. The molecule has 2 fully saturated rings. The predicted molar refractivity (Wildman–Crippen MR) is 115 cm³/mol. The summed E-state index contributed by atoms with van der Waals surface area (Å²) in [4.78, 5) is 19.8. The molecule has 30 heavy (non-hydrogen) atoms. The summed E-state index contributed by atoms with van der Waals surface area (Å²) in [5.41, 5.74) is 4.45. The number of carbonyl (C=O) groups excluding carboxylic acids is 1. The SMILES string of the molecule is COC[C@@]12C[C@@H](C)C[C@@H](C1)N2C(=O)Nc1ccc(C)c(-c2cn3nccc3cn2)c1. The topological polar surface area (TPSA) is 71.8 Å². The number of hydrogen-bond donors (Lipinski definition) is 1. The first-order valence-electron chi connectivity index (χ1n) is 10.5. The van der Waals surface area contributed by atoms with Crippen LogP contribution in [0.15, 0.2) is 42.9 Å². The van der Waals surface area contributed by atoms with Gasteiger partial charge >= 0.3 is 6.03 Å². The summed E-state index contributed by atoms with van der Waals surface area (Å²) < 4.78 is 7.29. The van der Waals surface area contributed by atoms with E-state index in [2.05, 4.69) is 22.3 Å². The first-order valence-corrected chi connectivity index (χ1v) is 10.5. The molecular formula is C23H27N5O2. The monoisotopic (exact) mass is 405 g/mol. The van der Waals surface area contributed by atoms with Crippen LogP contribution in [0.3, 0.4) is 0 Å². The van der Waals surface area contributed by atoms with Gasteiger partial charge in [-0.15, -0.1) is 0 Å². The molecule has 1 aromatic carbocycles. The smallest absolute Gasteiger partial charge is 0.322 e. The lowest BCUT2D eigenvalue weighted by Gasteiger charge is -2.63. The van der Waals surface area contributed by atoms with Crippen LogP contribution in [-0.4, -0.2) is 50.8 Å². The van der Waals surface area contributed by atoms with Gasteiger partial charge in [0.2, 0.25) is 0 Å². The van der Waals surface area contributed by atoms with Crippen molar-refractivity contribution in [3.05, 3.63) is 48.4 Å². The number of benzene rings is 1. The van der Waals surface area contributed by atoms with Crippen LogP contribution in [0.1, 0.15) is 31.7 Å². The minimum atomic E-state index is -0.165. The summed E-state index contributed by atoms with van der Waals surface area (Å²) >= 11 is 0. The number of urea groups is 1. The fourth-order valence-electron chi connectivity index (χ4n) is 5.43. The minimum Gasteiger partial charge on any atom is -0.382 e. The Hall–Kier alpha value is -2.93. The summed E-state index contributed by atoms with van der Waals surface area (Å²) in [6.45, 7) is 4.90. The first kappa shape index (κ1) is 19.1. The second kappa shape index (κ2) is 7.09. The van der Waals surface area contributed by atoms with Crippen molar-refractivity contribution in [2.75, 3.05) is 19.0 Å². The zero-order valence-corrected chi connectivity index (χ0v) is 17.6. The average Bonchev–Trinajstić information content (AvgIpc) is 3.16. The molecule has 7 heteroatoms. The molecule has 7 nitrogen and oxygen atoms in total. The van der Waals surface area contributed by atoms with Crippen molar-refractivity contribution in [1.29, 1.82) is 0 Å². The third-order valence-corrected chi connectivity index (χ3v) is 6.57. The number of nitrogens with one attached hydrogen (secondary N) is 1. The van der Waals surface area contributed by atoms with Crippen molar-refractivity contribution in [3.8, 4) is 11.3 Å². The number of ether oxygens (including phenoxy) is 1. The number of fused-ring (bicyclic) bond motifs is 3. The van der Waals surface area contributed by atoms with Gasteiger partial charge in [0, 0.05) is 24.4 Å². The zero-order chi connectivity index (χ0) is 20.9. The van der Waals surface area contributed by atoms with E-state index < -0.39 is 0 Å². The fourth-order valence-corrected chi connectivity index (χ4v) is 5.43. The molecule has 1 aliphatic carbocycles. The Labute approximate surface area is 176 Å². The van der Waals surface area contributed by atoms with E-state index in [0.717, 1.165) is 47.3 Å². The third-order valence-electron chi connectivity index (χ3n) is 6.57. The van der Waals surface area contributed by atoms with E-state index in [1.807, 2.05) is 53.0 Å². The quantitative estimate of drug-likeness (QED) is 0.709. The number of methoxy groups -OCH3 is 1. The normalized spacial score (nSPS) is 25.2. The van der Waals surface area contributed by atoms with Crippen LogP contribution in [-0.2, 0) is 4.74 Å². The molecular weight excluding hydrogens is 378 g/mol. The molecule has 3 heterocycles. The number of piperidine rings is 1. The maximum atomic E-state index is 13.2. The Kier molecular flexibility index (Phi) is 4.50. The molecule has 2 amide bonds. The van der Waals surface area contributed by atoms with E-state index in [4.69, 9.17) is 4.74 Å². The van der Waals surface area contributed by atoms with Crippen LogP contribution in [0.25, 0.3) is 16.8 Å². The second-order valence-corrected chi connectivity index (χ2v) is 8.86. The lowest BCUT2D eigenvalue weighted by atomic mass is 9.65. The summed E-state index contributed by atoms with van der Waals surface area (Å²) in [5, 5.41) is 7.42. The van der Waals surface area contributed by atoms with Gasteiger partial charge in [-0.2, -0.15) is 5.10 Å². The number of rotatable bonds is 4. The van der Waals surface area contributed by atoms with Crippen LogP contribution in [0.2, 0.25) is 0 Å². The lowest BCUT2D eigenvalue weighted by molar-refractivity contribution is -0.122. The van der Waals surface area contributed by atoms with E-state index in [9.17, 15) is 4.79 Å². The van der Waals surface area contributed by atoms with Gasteiger partial charge in [0.25, 0.3) is 0 Å². The molecule has 0 unspecified atom stereocenters. The van der Waals surface area contributed by atoms with Gasteiger partial charge in [-0.1, -0.05) is 13.0 Å². The Morgan fingerprint density at radius 3 is 3.03 bits per heavy atom. The van der Waals surface area contributed by atoms with Gasteiger partial charge in [-0.3, -0.25) is 4.98 Å². The van der Waals surface area contributed by atoms with Crippen LogP contribution in [0.4, 0.5) is 10.5 Å². The molecule has 5 rings (SSSR count). The number of aromatic nitrogens is 3. The summed E-state index contributed by atoms with van der Waals surface area (Å²) in [7, 11) is 1.72. The van der Waals surface area contributed by atoms with E-state index >= 15 is 0 Å². The number of anilines is 1. The average molecular weight is 406 g/mol. The summed E-state index contributed by atoms with van der Waals surface area (Å²) in [6, 6.07) is 8.14. The Balaban J connectivity index is 1.40. The number of amides is 2. The molecule has 2 aromatic heterocycles. The molecule has 2 aliphatic rings. The molecule has 1 N–H and O–H groups in total. The van der Waals surface area contributed by atoms with Crippen molar-refractivity contribution in [3.63, 3.8) is 0 Å². The van der Waals surface area contributed by atoms with Gasteiger partial charge in [-0.25, -0.2) is 9.31 Å². The lowest BCUT2D eigenvalue weighted by Crippen LogP contribution is -2.74. The molecule has 156 valence electrons. The van der Waals surface area contributed by atoms with Crippen molar-refractivity contribution >= 4 is 17.2 Å². The van der Waals surface area contributed by atoms with Gasteiger partial charge in [0.05, 0.1) is 41.9 Å². The highest BCUT2D eigenvalue weighted by Crippen LogP contribution is 2.50. The predicted octanol–water partition coefficient (Wildman–Crippen LogP) is 4.13. The minimum absolute atomic E-state index is 0.0412. The van der Waals surface area contributed by atoms with Crippen molar-refractivity contribution in [1.82, 2.24) is 19.5 Å². The standard InChI is InChI=1S/C23H27N5O2/c1-15-8-19-11-23(10-15,14-30-3)28(19)22(29)26-17-5-4-16(2)20(9-17)21-13-27-18(12-24-21)6-7-25-27/h4-7,9,12-13,15,19H,8,10-11,14H2,1-3H3,(H,26,29)/t15-,19-,23+/m0/s1. The molecule has 1 aliphatic heterocycles. The number of carbonyl (C=O) groups is 1. The van der Waals surface area contributed by atoms with Crippen LogP contribution in [0, 0.1) is 12.8 Å². The van der Waals surface area contributed by atoms with E-state index in [1.165, 1.54) is 0 Å². The number of aryl methyl sites for hydroxylation is 1. The molecule has 3 aromatic rings. The zero-order valence-electron chi connectivity index (χ0n) is 17.6. The van der Waals surface area contributed by atoms with Crippen molar-refractivity contribution < 1.29 is 9.53 Å². The second-order valence-electron chi connectivity index (χ2n) is 8.86. The highest BCUT2D eigenvalue weighted by Gasteiger charge is 2.58. The summed E-state index contributed by atoms with van der Waals surface area (Å²) in [6.07, 6.45) is 8.57. The first-order chi connectivity index (χ1) is 14.5. The highest BCUT2D eigenvalue weighted by molar-refractivity contribution is 5.92. The molecule has 2 bridgehead atoms. The van der Waals surface area contributed by atoms with Crippen LogP contribution in [0.5, 0.6) is 0 Å². The molecule has 1 saturated heterocycles. The molecule has 0 spiro atoms. The fraction of sp³-hybridized carbons (Fsp3) is 0.435. The van der Waals surface area contributed by atoms with Gasteiger partial charge in [-0.05, 0) is 55.9 Å². The Morgan fingerprint density at radius 1 is 1.33 bits per heavy atom. The Bertz CT molecular complexity index is 1110. The van der Waals surface area contributed by atoms with Gasteiger partial charge < -0.3 is 15.0 Å². The highest BCUT2D eigenvalue weighted by atomic mass is 16.5. The maximum absolute atomic E-state index is 13.2. The van der Waals surface area contributed by atoms with Crippen molar-refractivity contribution in [2.24, 2.45) is 5.92 Å². The number of nitrogens with zero attached hydrogens (tertiary/aromatic N) is 4.